The second kappa shape index (κ2) is 8.19. The van der Waals surface area contributed by atoms with Crippen molar-refractivity contribution in [3.05, 3.63) is 50.5 Å². The van der Waals surface area contributed by atoms with E-state index in [1.54, 1.807) is 12.1 Å². The maximum absolute atomic E-state index is 9.58. The van der Waals surface area contributed by atoms with Gasteiger partial charge in [-0.25, -0.2) is 9.78 Å². The summed E-state index contributed by atoms with van der Waals surface area (Å²) in [5, 5.41) is 17.8. The molecule has 0 bridgehead atoms. The molecule has 2 rings (SSSR count). The largest absolute Gasteiger partial charge is 0.252 e. The minimum Gasteiger partial charge on any atom is -0.252 e. The summed E-state index contributed by atoms with van der Waals surface area (Å²) in [5.41, 5.74) is 2.01. The van der Waals surface area contributed by atoms with Crippen LogP contribution >= 0.6 is 27.5 Å². The van der Waals surface area contributed by atoms with E-state index in [0.29, 0.717) is 22.2 Å². The van der Waals surface area contributed by atoms with E-state index >= 15 is 0 Å². The van der Waals surface area contributed by atoms with Crippen molar-refractivity contribution >= 4 is 27.5 Å². The van der Waals surface area contributed by atoms with E-state index in [1.807, 2.05) is 33.8 Å². The first-order chi connectivity index (χ1) is 11.7. The van der Waals surface area contributed by atoms with Crippen LogP contribution in [0.4, 0.5) is 0 Å². The number of nitriles is 1. The third-order valence-corrected chi connectivity index (χ3v) is 4.20. The minimum absolute atomic E-state index is 0.148. The van der Waals surface area contributed by atoms with Gasteiger partial charge < -0.3 is 0 Å². The highest BCUT2D eigenvalue weighted by Gasteiger charge is 2.20. The molecule has 0 N–H and O–H groups in total. The topological polar surface area (TPSA) is 80.9 Å². The van der Waals surface area contributed by atoms with Gasteiger partial charge in [0.25, 0.3) is 0 Å². The Balaban J connectivity index is 2.26. The quantitative estimate of drug-likeness (QED) is 0.518. The van der Waals surface area contributed by atoms with E-state index < -0.39 is 11.5 Å². The van der Waals surface area contributed by atoms with Crippen molar-refractivity contribution in [1.29, 1.82) is 5.26 Å². The lowest BCUT2D eigenvalue weighted by atomic mass is 10.0. The summed E-state index contributed by atoms with van der Waals surface area (Å²) in [6.07, 6.45) is 0. The Labute approximate surface area is 160 Å². The second-order valence-corrected chi connectivity index (χ2v) is 7.64. The van der Waals surface area contributed by atoms with Crippen molar-refractivity contribution in [3.63, 3.8) is 0 Å². The van der Waals surface area contributed by atoms with E-state index in [1.165, 1.54) is 0 Å². The van der Waals surface area contributed by atoms with Crippen LogP contribution in [0, 0.1) is 18.3 Å². The van der Waals surface area contributed by atoms with Gasteiger partial charge in [-0.2, -0.15) is 10.4 Å². The molecule has 2 aromatic heterocycles. The molecule has 6 nitrogen and oxygen atoms in total. The summed E-state index contributed by atoms with van der Waals surface area (Å²) in [6, 6.07) is 7.53. The average Bonchev–Trinajstić information content (AvgIpc) is 2.53. The van der Waals surface area contributed by atoms with Gasteiger partial charge in [-0.05, 0) is 67.4 Å². The van der Waals surface area contributed by atoms with Crippen LogP contribution in [0.15, 0.2) is 22.7 Å². The number of hydrogen-bond acceptors (Lipinski definition) is 6. The van der Waals surface area contributed by atoms with Gasteiger partial charge in [0.05, 0.1) is 28.8 Å². The van der Waals surface area contributed by atoms with Gasteiger partial charge in [0, 0.05) is 4.47 Å². The fourth-order valence-corrected chi connectivity index (χ4v) is 2.37. The molecule has 0 spiro atoms. The number of aromatic nitrogens is 3. The van der Waals surface area contributed by atoms with Crippen molar-refractivity contribution in [2.45, 2.75) is 45.8 Å². The molecular formula is C17H18BrClN4O2. The molecule has 0 fully saturated rings. The highest BCUT2D eigenvalue weighted by atomic mass is 79.9. The molecule has 1 unspecified atom stereocenters. The number of pyridine rings is 1. The van der Waals surface area contributed by atoms with Crippen LogP contribution in [0.1, 0.15) is 49.3 Å². The number of halogens is 2. The average molecular weight is 426 g/mol. The monoisotopic (exact) mass is 424 g/mol. The summed E-state index contributed by atoms with van der Waals surface area (Å²) in [5.74, 6) is -0.654. The van der Waals surface area contributed by atoms with Crippen LogP contribution < -0.4 is 0 Å². The number of rotatable bonds is 5. The molecule has 132 valence electrons. The van der Waals surface area contributed by atoms with Crippen molar-refractivity contribution in [3.8, 4) is 6.07 Å². The van der Waals surface area contributed by atoms with Gasteiger partial charge in [-0.15, -0.1) is 5.10 Å². The highest BCUT2D eigenvalue weighted by molar-refractivity contribution is 9.10. The number of hydrogen-bond donors (Lipinski definition) is 0. The minimum atomic E-state index is -0.654. The Hall–Kier alpha value is -1.59. The molecule has 0 aliphatic carbocycles. The summed E-state index contributed by atoms with van der Waals surface area (Å²) in [4.78, 5) is 15.0. The SMILES string of the molecule is Cc1cc(C(C#N)c2ccc(Br)c(COOC(C)(C)C)n2)nnc1Cl. The van der Waals surface area contributed by atoms with Gasteiger partial charge in [0.15, 0.2) is 5.15 Å². The first kappa shape index (κ1) is 19.7. The molecule has 8 heteroatoms. The molecule has 0 saturated carbocycles. The van der Waals surface area contributed by atoms with Gasteiger partial charge in [-0.1, -0.05) is 11.6 Å². The van der Waals surface area contributed by atoms with Gasteiger partial charge in [-0.3, -0.25) is 4.98 Å². The van der Waals surface area contributed by atoms with E-state index in [-0.39, 0.29) is 6.61 Å². The lowest BCUT2D eigenvalue weighted by Gasteiger charge is -2.18. The molecular weight excluding hydrogens is 408 g/mol. The molecule has 25 heavy (non-hydrogen) atoms. The Kier molecular flexibility index (Phi) is 6.47. The van der Waals surface area contributed by atoms with Crippen LogP contribution in [0.3, 0.4) is 0 Å². The number of nitrogens with zero attached hydrogens (tertiary/aromatic N) is 4. The summed E-state index contributed by atoms with van der Waals surface area (Å²) in [6.45, 7) is 7.62. The zero-order valence-electron chi connectivity index (χ0n) is 14.4. The van der Waals surface area contributed by atoms with Crippen LogP contribution in [-0.4, -0.2) is 20.8 Å². The molecule has 0 aliphatic heterocycles. The number of aryl methyl sites for hydroxylation is 1. The maximum Gasteiger partial charge on any atom is 0.154 e. The molecule has 0 saturated heterocycles. The lowest BCUT2D eigenvalue weighted by Crippen LogP contribution is -2.19. The van der Waals surface area contributed by atoms with Crippen molar-refractivity contribution < 1.29 is 9.78 Å². The fraction of sp³-hybridized carbons (Fsp3) is 0.412. The van der Waals surface area contributed by atoms with Crippen molar-refractivity contribution in [2.24, 2.45) is 0 Å². The lowest BCUT2D eigenvalue weighted by molar-refractivity contribution is -0.357. The van der Waals surface area contributed by atoms with E-state index in [4.69, 9.17) is 21.4 Å². The summed E-state index contributed by atoms with van der Waals surface area (Å²) >= 11 is 9.34. The molecule has 0 aromatic carbocycles. The van der Waals surface area contributed by atoms with Gasteiger partial charge in [0.2, 0.25) is 0 Å². The first-order valence-electron chi connectivity index (χ1n) is 7.56. The molecule has 0 aliphatic rings. The summed E-state index contributed by atoms with van der Waals surface area (Å²) < 4.78 is 0.767. The smallest absolute Gasteiger partial charge is 0.154 e. The summed E-state index contributed by atoms with van der Waals surface area (Å²) in [7, 11) is 0. The van der Waals surface area contributed by atoms with Crippen LogP contribution in [0.5, 0.6) is 0 Å². The fourth-order valence-electron chi connectivity index (χ4n) is 1.94. The van der Waals surface area contributed by atoms with Gasteiger partial charge >= 0.3 is 0 Å². The van der Waals surface area contributed by atoms with Crippen molar-refractivity contribution in [1.82, 2.24) is 15.2 Å². The Morgan fingerprint density at radius 3 is 2.60 bits per heavy atom. The third kappa shape index (κ3) is 5.44. The van der Waals surface area contributed by atoms with Gasteiger partial charge in [0.1, 0.15) is 12.5 Å². The van der Waals surface area contributed by atoms with Crippen LogP contribution in [-0.2, 0) is 16.4 Å². The Morgan fingerprint density at radius 2 is 2.00 bits per heavy atom. The molecule has 0 radical (unpaired) electrons. The molecule has 2 aromatic rings. The van der Waals surface area contributed by atoms with Crippen molar-refractivity contribution in [2.75, 3.05) is 0 Å². The predicted molar refractivity (Wildman–Crippen MR) is 96.8 cm³/mol. The highest BCUT2D eigenvalue weighted by Crippen LogP contribution is 2.26. The predicted octanol–water partition coefficient (Wildman–Crippen LogP) is 4.50. The standard InChI is InChI=1S/C17H18BrClN4O2/c1-10-7-14(22-23-16(10)19)11(8-20)13-6-5-12(18)15(21-13)9-24-25-17(2,3)4/h5-7,11H,9H2,1-4H3. The zero-order valence-corrected chi connectivity index (χ0v) is 16.7. The van der Waals surface area contributed by atoms with E-state index in [9.17, 15) is 5.26 Å². The van der Waals surface area contributed by atoms with E-state index in [2.05, 4.69) is 37.2 Å². The molecule has 0 amide bonds. The Morgan fingerprint density at radius 1 is 1.28 bits per heavy atom. The normalized spacial score (nSPS) is 12.7. The third-order valence-electron chi connectivity index (χ3n) is 3.11. The molecule has 2 heterocycles. The van der Waals surface area contributed by atoms with E-state index in [0.717, 1.165) is 10.0 Å². The molecule has 1 atom stereocenters. The van der Waals surface area contributed by atoms with Crippen LogP contribution in [0.2, 0.25) is 5.15 Å². The Bertz CT molecular complexity index is 802. The maximum atomic E-state index is 9.58. The first-order valence-corrected chi connectivity index (χ1v) is 8.73. The van der Waals surface area contributed by atoms with Crippen LogP contribution in [0.25, 0.3) is 0 Å². The zero-order chi connectivity index (χ0) is 18.6. The second-order valence-electron chi connectivity index (χ2n) is 6.43.